The number of anilines is 1. The lowest BCUT2D eigenvalue weighted by Gasteiger charge is -2.23. The first-order chi connectivity index (χ1) is 8.31. The molecule has 1 aliphatic rings. The fourth-order valence-corrected chi connectivity index (χ4v) is 2.53. The first kappa shape index (κ1) is 12.4. The van der Waals surface area contributed by atoms with Gasteiger partial charge in [0.25, 0.3) is 0 Å². The fourth-order valence-electron chi connectivity index (χ4n) is 2.53. The highest BCUT2D eigenvalue weighted by molar-refractivity contribution is 5.49. The molecule has 1 N–H and O–H groups in total. The first-order valence-electron chi connectivity index (χ1n) is 6.87. The van der Waals surface area contributed by atoms with Crippen molar-refractivity contribution in [1.29, 1.82) is 0 Å². The van der Waals surface area contributed by atoms with Crippen molar-refractivity contribution < 1.29 is 0 Å². The van der Waals surface area contributed by atoms with E-state index in [4.69, 9.17) is 0 Å². The van der Waals surface area contributed by atoms with E-state index in [0.717, 1.165) is 13.1 Å². The Labute approximate surface area is 105 Å². The second kappa shape index (κ2) is 6.06. The molecule has 1 heterocycles. The van der Waals surface area contributed by atoms with Crippen LogP contribution in [0.4, 0.5) is 5.69 Å². The lowest BCUT2D eigenvalue weighted by atomic mass is 10.2. The van der Waals surface area contributed by atoms with Crippen LogP contribution in [0.2, 0.25) is 0 Å². The van der Waals surface area contributed by atoms with Crippen LogP contribution < -0.4 is 10.2 Å². The molecule has 1 aliphatic heterocycles. The van der Waals surface area contributed by atoms with Crippen LogP contribution in [0.3, 0.4) is 0 Å². The molecule has 94 valence electrons. The van der Waals surface area contributed by atoms with Gasteiger partial charge in [0.1, 0.15) is 0 Å². The molecule has 0 aromatic heterocycles. The topological polar surface area (TPSA) is 15.3 Å². The molecule has 1 aromatic carbocycles. The maximum absolute atomic E-state index is 3.44. The molecule has 0 aliphatic carbocycles. The molecule has 1 unspecified atom stereocenters. The first-order valence-corrected chi connectivity index (χ1v) is 6.87. The van der Waals surface area contributed by atoms with E-state index in [-0.39, 0.29) is 0 Å². The van der Waals surface area contributed by atoms with Gasteiger partial charge in [-0.05, 0) is 50.4 Å². The largest absolute Gasteiger partial charge is 0.369 e. The van der Waals surface area contributed by atoms with Crippen LogP contribution in [0.5, 0.6) is 0 Å². The molecule has 0 spiro atoms. The standard InChI is InChI=1S/C15H24N2/c1-3-10-16-12-14-6-8-15(9-7-14)17-11-4-5-13(17)2/h6-9,13,16H,3-5,10-12H2,1-2H3. The van der Waals surface area contributed by atoms with Gasteiger partial charge in [0.05, 0.1) is 0 Å². The summed E-state index contributed by atoms with van der Waals surface area (Å²) in [4.78, 5) is 2.52. The number of rotatable bonds is 5. The summed E-state index contributed by atoms with van der Waals surface area (Å²) in [5, 5.41) is 3.44. The van der Waals surface area contributed by atoms with E-state index in [2.05, 4.69) is 48.3 Å². The highest BCUT2D eigenvalue weighted by Gasteiger charge is 2.19. The van der Waals surface area contributed by atoms with Crippen molar-refractivity contribution in [2.45, 2.75) is 45.7 Å². The fraction of sp³-hybridized carbons (Fsp3) is 0.600. The third-order valence-electron chi connectivity index (χ3n) is 3.58. The van der Waals surface area contributed by atoms with E-state index < -0.39 is 0 Å². The highest BCUT2D eigenvalue weighted by Crippen LogP contribution is 2.25. The summed E-state index contributed by atoms with van der Waals surface area (Å²) in [6.07, 6.45) is 3.87. The highest BCUT2D eigenvalue weighted by atomic mass is 15.2. The molecular weight excluding hydrogens is 208 g/mol. The number of nitrogens with one attached hydrogen (secondary N) is 1. The van der Waals surface area contributed by atoms with Gasteiger partial charge in [-0.15, -0.1) is 0 Å². The third-order valence-corrected chi connectivity index (χ3v) is 3.58. The Morgan fingerprint density at radius 3 is 2.65 bits per heavy atom. The maximum Gasteiger partial charge on any atom is 0.0368 e. The molecule has 17 heavy (non-hydrogen) atoms. The monoisotopic (exact) mass is 232 g/mol. The molecule has 1 saturated heterocycles. The van der Waals surface area contributed by atoms with Crippen molar-refractivity contribution in [3.8, 4) is 0 Å². The van der Waals surface area contributed by atoms with Gasteiger partial charge in [-0.3, -0.25) is 0 Å². The zero-order valence-electron chi connectivity index (χ0n) is 11.1. The summed E-state index contributed by atoms with van der Waals surface area (Å²) in [5.74, 6) is 0. The molecule has 0 saturated carbocycles. The summed E-state index contributed by atoms with van der Waals surface area (Å²) < 4.78 is 0. The number of nitrogens with zero attached hydrogens (tertiary/aromatic N) is 1. The lowest BCUT2D eigenvalue weighted by Crippen LogP contribution is -2.26. The molecule has 2 nitrogen and oxygen atoms in total. The summed E-state index contributed by atoms with van der Waals surface area (Å²) >= 11 is 0. The smallest absolute Gasteiger partial charge is 0.0368 e. The maximum atomic E-state index is 3.44. The normalized spacial score (nSPS) is 19.9. The van der Waals surface area contributed by atoms with E-state index in [0.29, 0.717) is 6.04 Å². The molecule has 1 atom stereocenters. The van der Waals surface area contributed by atoms with Gasteiger partial charge in [-0.1, -0.05) is 19.1 Å². The molecule has 1 fully saturated rings. The van der Waals surface area contributed by atoms with Crippen molar-refractivity contribution in [3.63, 3.8) is 0 Å². The Kier molecular flexibility index (Phi) is 4.43. The Bertz CT molecular complexity index is 331. The number of benzene rings is 1. The SMILES string of the molecule is CCCNCc1ccc(N2CCCC2C)cc1. The van der Waals surface area contributed by atoms with Crippen LogP contribution in [0.1, 0.15) is 38.7 Å². The number of hydrogen-bond donors (Lipinski definition) is 1. The molecule has 1 aromatic rings. The second-order valence-electron chi connectivity index (χ2n) is 5.03. The van der Waals surface area contributed by atoms with Gasteiger partial charge in [0, 0.05) is 24.8 Å². The Morgan fingerprint density at radius 2 is 2.06 bits per heavy atom. The predicted octanol–water partition coefficient (Wildman–Crippen LogP) is 3.17. The molecular formula is C15H24N2. The minimum atomic E-state index is 0.707. The van der Waals surface area contributed by atoms with Crippen molar-refractivity contribution in [2.75, 3.05) is 18.0 Å². The summed E-state index contributed by atoms with van der Waals surface area (Å²) in [6.45, 7) is 7.83. The average molecular weight is 232 g/mol. The quantitative estimate of drug-likeness (QED) is 0.784. The molecule has 0 radical (unpaired) electrons. The van der Waals surface area contributed by atoms with Crippen LogP contribution in [0, 0.1) is 0 Å². The van der Waals surface area contributed by atoms with E-state index in [1.807, 2.05) is 0 Å². The Balaban J connectivity index is 1.93. The minimum Gasteiger partial charge on any atom is -0.369 e. The van der Waals surface area contributed by atoms with Crippen LogP contribution >= 0.6 is 0 Å². The number of hydrogen-bond acceptors (Lipinski definition) is 2. The molecule has 2 heteroatoms. The van der Waals surface area contributed by atoms with Gasteiger partial charge < -0.3 is 10.2 Å². The van der Waals surface area contributed by atoms with Crippen LogP contribution in [-0.2, 0) is 6.54 Å². The van der Waals surface area contributed by atoms with Gasteiger partial charge in [0.2, 0.25) is 0 Å². The summed E-state index contributed by atoms with van der Waals surface area (Å²) in [5.41, 5.74) is 2.77. The average Bonchev–Trinajstić information content (AvgIpc) is 2.77. The second-order valence-corrected chi connectivity index (χ2v) is 5.03. The lowest BCUT2D eigenvalue weighted by molar-refractivity contribution is 0.675. The predicted molar refractivity (Wildman–Crippen MR) is 74.5 cm³/mol. The minimum absolute atomic E-state index is 0.707. The van der Waals surface area contributed by atoms with Gasteiger partial charge in [-0.25, -0.2) is 0 Å². The molecule has 2 rings (SSSR count). The van der Waals surface area contributed by atoms with E-state index >= 15 is 0 Å². The zero-order chi connectivity index (χ0) is 12.1. The van der Waals surface area contributed by atoms with Gasteiger partial charge in [0.15, 0.2) is 0 Å². The van der Waals surface area contributed by atoms with E-state index in [1.165, 1.54) is 37.1 Å². The van der Waals surface area contributed by atoms with Crippen molar-refractivity contribution in [2.24, 2.45) is 0 Å². The molecule has 0 bridgehead atoms. The van der Waals surface area contributed by atoms with E-state index in [1.54, 1.807) is 0 Å². The van der Waals surface area contributed by atoms with Crippen LogP contribution in [0.25, 0.3) is 0 Å². The van der Waals surface area contributed by atoms with Crippen LogP contribution in [-0.4, -0.2) is 19.1 Å². The van der Waals surface area contributed by atoms with Crippen molar-refractivity contribution in [1.82, 2.24) is 5.32 Å². The van der Waals surface area contributed by atoms with Crippen molar-refractivity contribution in [3.05, 3.63) is 29.8 Å². The Hall–Kier alpha value is -1.02. The van der Waals surface area contributed by atoms with Gasteiger partial charge in [-0.2, -0.15) is 0 Å². The summed E-state index contributed by atoms with van der Waals surface area (Å²) in [7, 11) is 0. The molecule has 0 amide bonds. The third kappa shape index (κ3) is 3.22. The zero-order valence-corrected chi connectivity index (χ0v) is 11.1. The van der Waals surface area contributed by atoms with Crippen LogP contribution in [0.15, 0.2) is 24.3 Å². The summed E-state index contributed by atoms with van der Waals surface area (Å²) in [6, 6.07) is 9.75. The van der Waals surface area contributed by atoms with Gasteiger partial charge >= 0.3 is 0 Å². The Morgan fingerprint density at radius 1 is 1.29 bits per heavy atom. The van der Waals surface area contributed by atoms with E-state index in [9.17, 15) is 0 Å². The van der Waals surface area contributed by atoms with Crippen molar-refractivity contribution >= 4 is 5.69 Å².